The van der Waals surface area contributed by atoms with Crippen LogP contribution in [0.4, 0.5) is 11.6 Å². The van der Waals surface area contributed by atoms with Crippen molar-refractivity contribution in [3.63, 3.8) is 0 Å². The molecule has 0 fully saturated rings. The first kappa shape index (κ1) is 21.8. The monoisotopic (exact) mass is 457 g/mol. The Morgan fingerprint density at radius 1 is 1.24 bits per heavy atom. The molecular weight excluding hydrogens is 430 g/mol. The molecule has 0 unspecified atom stereocenters. The number of nitrogens with zero attached hydrogens (tertiary/aromatic N) is 5. The minimum absolute atomic E-state index is 0.0231. The second-order valence-electron chi connectivity index (χ2n) is 8.47. The first-order valence-electron chi connectivity index (χ1n) is 11.4. The van der Waals surface area contributed by atoms with E-state index >= 15 is 0 Å². The van der Waals surface area contributed by atoms with Crippen LogP contribution in [0.3, 0.4) is 0 Å². The molecule has 174 valence electrons. The predicted octanol–water partition coefficient (Wildman–Crippen LogP) is 3.34. The van der Waals surface area contributed by atoms with Crippen molar-refractivity contribution in [3.05, 3.63) is 76.9 Å². The first-order chi connectivity index (χ1) is 16.5. The van der Waals surface area contributed by atoms with Crippen LogP contribution in [-0.4, -0.2) is 37.0 Å². The zero-order valence-corrected chi connectivity index (χ0v) is 19.3. The van der Waals surface area contributed by atoms with Gasteiger partial charge in [0.15, 0.2) is 5.65 Å². The molecule has 0 saturated heterocycles. The molecule has 4 heterocycles. The molecule has 0 atom stereocenters. The van der Waals surface area contributed by atoms with E-state index in [-0.39, 0.29) is 11.7 Å². The number of benzene rings is 1. The van der Waals surface area contributed by atoms with E-state index in [9.17, 15) is 4.79 Å². The average molecular weight is 458 g/mol. The minimum Gasteiger partial charge on any atom is -0.475 e. The zero-order valence-electron chi connectivity index (χ0n) is 19.3. The molecule has 3 aromatic heterocycles. The van der Waals surface area contributed by atoms with E-state index < -0.39 is 0 Å². The van der Waals surface area contributed by atoms with Crippen molar-refractivity contribution in [2.45, 2.75) is 39.5 Å². The first-order valence-corrected chi connectivity index (χ1v) is 11.4. The van der Waals surface area contributed by atoms with Crippen molar-refractivity contribution >= 4 is 22.7 Å². The van der Waals surface area contributed by atoms with Gasteiger partial charge in [-0.1, -0.05) is 12.1 Å². The fourth-order valence-electron chi connectivity index (χ4n) is 4.16. The maximum Gasteiger partial charge on any atom is 0.278 e. The molecule has 9 nitrogen and oxygen atoms in total. The quantitative estimate of drug-likeness (QED) is 0.411. The Bertz CT molecular complexity index is 1420. The molecular formula is C25H27N7O2. The second kappa shape index (κ2) is 9.11. The number of rotatable bonds is 7. The SMILES string of the molecule is C=CCn1c(=O)c2cnc(Nc3ccc4c(c3)CCNC4)nc2n1-c1ccnc(OC(C)C)c1. The van der Waals surface area contributed by atoms with Gasteiger partial charge < -0.3 is 15.4 Å². The van der Waals surface area contributed by atoms with Gasteiger partial charge in [0.25, 0.3) is 5.56 Å². The summed E-state index contributed by atoms with van der Waals surface area (Å²) in [6.07, 6.45) is 5.86. The van der Waals surface area contributed by atoms with E-state index in [0.29, 0.717) is 35.1 Å². The number of fused-ring (bicyclic) bond motifs is 2. The molecule has 0 amide bonds. The van der Waals surface area contributed by atoms with E-state index in [4.69, 9.17) is 9.72 Å². The Hall–Kier alpha value is -3.98. The zero-order chi connectivity index (χ0) is 23.7. The molecule has 4 aromatic rings. The van der Waals surface area contributed by atoms with Crippen LogP contribution in [0.1, 0.15) is 25.0 Å². The summed E-state index contributed by atoms with van der Waals surface area (Å²) in [6.45, 7) is 9.86. The van der Waals surface area contributed by atoms with Crippen LogP contribution in [0.15, 0.2) is 60.2 Å². The van der Waals surface area contributed by atoms with Gasteiger partial charge in [0.1, 0.15) is 5.39 Å². The van der Waals surface area contributed by atoms with Crippen LogP contribution >= 0.6 is 0 Å². The van der Waals surface area contributed by atoms with Gasteiger partial charge in [-0.3, -0.25) is 4.79 Å². The highest BCUT2D eigenvalue weighted by Gasteiger charge is 2.18. The van der Waals surface area contributed by atoms with Gasteiger partial charge in [0, 0.05) is 30.7 Å². The van der Waals surface area contributed by atoms with Gasteiger partial charge in [-0.05, 0) is 56.1 Å². The van der Waals surface area contributed by atoms with Crippen molar-refractivity contribution in [3.8, 4) is 11.6 Å². The second-order valence-corrected chi connectivity index (χ2v) is 8.47. The van der Waals surface area contributed by atoms with E-state index in [1.807, 2.05) is 26.0 Å². The highest BCUT2D eigenvalue weighted by Crippen LogP contribution is 2.23. The van der Waals surface area contributed by atoms with Crippen molar-refractivity contribution in [1.82, 2.24) is 29.6 Å². The lowest BCUT2D eigenvalue weighted by molar-refractivity contribution is 0.232. The summed E-state index contributed by atoms with van der Waals surface area (Å²) >= 11 is 0. The fraction of sp³-hybridized carbons (Fsp3) is 0.280. The lowest BCUT2D eigenvalue weighted by Gasteiger charge is -2.18. The third-order valence-corrected chi connectivity index (χ3v) is 5.65. The number of ether oxygens (including phenoxy) is 1. The summed E-state index contributed by atoms with van der Waals surface area (Å²) < 4.78 is 9.11. The Morgan fingerprint density at radius 2 is 2.12 bits per heavy atom. The maximum absolute atomic E-state index is 13.1. The van der Waals surface area contributed by atoms with Gasteiger partial charge in [-0.25, -0.2) is 19.3 Å². The van der Waals surface area contributed by atoms with E-state index in [0.717, 1.165) is 25.2 Å². The van der Waals surface area contributed by atoms with Gasteiger partial charge >= 0.3 is 0 Å². The highest BCUT2D eigenvalue weighted by atomic mass is 16.5. The van der Waals surface area contributed by atoms with Crippen molar-refractivity contribution in [2.75, 3.05) is 11.9 Å². The Morgan fingerprint density at radius 3 is 2.94 bits per heavy atom. The molecule has 34 heavy (non-hydrogen) atoms. The number of hydrogen-bond donors (Lipinski definition) is 2. The molecule has 1 aliphatic heterocycles. The lowest BCUT2D eigenvalue weighted by atomic mass is 10.0. The van der Waals surface area contributed by atoms with Gasteiger partial charge in [-0.2, -0.15) is 4.98 Å². The smallest absolute Gasteiger partial charge is 0.278 e. The molecule has 1 aromatic carbocycles. The molecule has 0 spiro atoms. The maximum atomic E-state index is 13.1. The van der Waals surface area contributed by atoms with Crippen LogP contribution in [0, 0.1) is 0 Å². The summed E-state index contributed by atoms with van der Waals surface area (Å²) in [5, 5.41) is 7.11. The van der Waals surface area contributed by atoms with E-state index in [1.165, 1.54) is 11.1 Å². The van der Waals surface area contributed by atoms with Crippen molar-refractivity contribution in [1.29, 1.82) is 0 Å². The number of nitrogens with one attached hydrogen (secondary N) is 2. The lowest BCUT2D eigenvalue weighted by Crippen LogP contribution is -2.23. The topological polar surface area (TPSA) is 98.9 Å². The molecule has 0 saturated carbocycles. The predicted molar refractivity (Wildman–Crippen MR) is 132 cm³/mol. The van der Waals surface area contributed by atoms with Crippen LogP contribution in [0.2, 0.25) is 0 Å². The van der Waals surface area contributed by atoms with Crippen LogP contribution < -0.4 is 20.9 Å². The molecule has 5 rings (SSSR count). The largest absolute Gasteiger partial charge is 0.475 e. The Labute approximate surface area is 197 Å². The van der Waals surface area contributed by atoms with E-state index in [1.54, 1.807) is 33.9 Å². The molecule has 0 bridgehead atoms. The van der Waals surface area contributed by atoms with Crippen molar-refractivity contribution < 1.29 is 4.74 Å². The van der Waals surface area contributed by atoms with E-state index in [2.05, 4.69) is 39.3 Å². The molecule has 1 aliphatic rings. The van der Waals surface area contributed by atoms with Gasteiger partial charge in [-0.15, -0.1) is 6.58 Å². The summed E-state index contributed by atoms with van der Waals surface area (Å²) in [5.74, 6) is 0.890. The summed E-state index contributed by atoms with van der Waals surface area (Å²) in [5.41, 5.74) is 4.55. The van der Waals surface area contributed by atoms with Crippen LogP contribution in [-0.2, 0) is 19.5 Å². The Balaban J connectivity index is 1.59. The third kappa shape index (κ3) is 4.17. The highest BCUT2D eigenvalue weighted by molar-refractivity contribution is 5.77. The minimum atomic E-state index is -0.189. The number of aromatic nitrogens is 5. The number of allylic oxidation sites excluding steroid dienone is 1. The fourth-order valence-corrected chi connectivity index (χ4v) is 4.16. The van der Waals surface area contributed by atoms with Crippen LogP contribution in [0.25, 0.3) is 16.7 Å². The Kier molecular flexibility index (Phi) is 5.85. The normalized spacial score (nSPS) is 13.1. The van der Waals surface area contributed by atoms with Crippen LogP contribution in [0.5, 0.6) is 5.88 Å². The standard InChI is InChI=1S/C25H27N7O2/c1-4-11-31-24(33)21-15-28-25(29-19-6-5-18-14-26-9-7-17(18)12-19)30-23(21)32(31)20-8-10-27-22(13-20)34-16(2)3/h4-6,8,10,12-13,15-16,26H,1,7,9,11,14H2,2-3H3,(H,28,29,30). The van der Waals surface area contributed by atoms with Crippen molar-refractivity contribution in [2.24, 2.45) is 0 Å². The summed E-state index contributed by atoms with van der Waals surface area (Å²) in [7, 11) is 0. The average Bonchev–Trinajstić information content (AvgIpc) is 3.10. The summed E-state index contributed by atoms with van der Waals surface area (Å²) in [4.78, 5) is 26.6. The number of anilines is 2. The van der Waals surface area contributed by atoms with Gasteiger partial charge in [0.05, 0.1) is 18.3 Å². The number of hydrogen-bond acceptors (Lipinski definition) is 7. The van der Waals surface area contributed by atoms with Gasteiger partial charge in [0.2, 0.25) is 11.8 Å². The third-order valence-electron chi connectivity index (χ3n) is 5.65. The molecule has 0 aliphatic carbocycles. The molecule has 0 radical (unpaired) electrons. The number of pyridine rings is 1. The molecule has 9 heteroatoms. The molecule has 2 N–H and O–H groups in total. The summed E-state index contributed by atoms with van der Waals surface area (Å²) in [6, 6.07) is 9.89.